The quantitative estimate of drug-likeness (QED) is 0.742. The van der Waals surface area contributed by atoms with Crippen molar-refractivity contribution in [3.63, 3.8) is 0 Å². The van der Waals surface area contributed by atoms with Crippen LogP contribution in [0.5, 0.6) is 0 Å². The molecule has 2 rings (SSSR count). The molecule has 2 aromatic rings. The second-order valence-corrected chi connectivity index (χ2v) is 5.40. The van der Waals surface area contributed by atoms with E-state index in [1.54, 1.807) is 6.20 Å². The minimum absolute atomic E-state index is 0.256. The molecular formula is C11H14N4O2S. The number of nitrogens with one attached hydrogen (secondary N) is 3. The van der Waals surface area contributed by atoms with Gasteiger partial charge in [0.25, 0.3) is 10.2 Å². The summed E-state index contributed by atoms with van der Waals surface area (Å²) in [4.78, 5) is 0. The van der Waals surface area contributed by atoms with E-state index in [4.69, 9.17) is 0 Å². The second kappa shape index (κ2) is 5.30. The van der Waals surface area contributed by atoms with E-state index >= 15 is 0 Å². The van der Waals surface area contributed by atoms with Crippen LogP contribution in [0.4, 0.5) is 0 Å². The molecule has 0 atom stereocenters. The van der Waals surface area contributed by atoms with Crippen molar-refractivity contribution < 1.29 is 8.42 Å². The Labute approximate surface area is 106 Å². The van der Waals surface area contributed by atoms with Gasteiger partial charge in [0.05, 0.1) is 5.69 Å². The molecule has 0 spiro atoms. The molecule has 7 heteroatoms. The van der Waals surface area contributed by atoms with Crippen LogP contribution in [0, 0.1) is 0 Å². The molecule has 96 valence electrons. The lowest BCUT2D eigenvalue weighted by atomic mass is 10.1. The van der Waals surface area contributed by atoms with Gasteiger partial charge in [-0.05, 0) is 17.2 Å². The van der Waals surface area contributed by atoms with E-state index < -0.39 is 10.2 Å². The monoisotopic (exact) mass is 266 g/mol. The molecule has 0 fully saturated rings. The number of aromatic amines is 1. The topological polar surface area (TPSA) is 86.9 Å². The Bertz CT molecular complexity index is 590. The van der Waals surface area contributed by atoms with Gasteiger partial charge in [-0.3, -0.25) is 5.10 Å². The number of H-pyrrole nitrogens is 1. The molecule has 18 heavy (non-hydrogen) atoms. The third-order valence-electron chi connectivity index (χ3n) is 2.50. The van der Waals surface area contributed by atoms with Crippen LogP contribution in [0.2, 0.25) is 0 Å². The van der Waals surface area contributed by atoms with Crippen LogP contribution in [0.15, 0.2) is 36.5 Å². The highest BCUT2D eigenvalue weighted by Crippen LogP contribution is 2.16. The van der Waals surface area contributed by atoms with Crippen molar-refractivity contribution in [2.24, 2.45) is 0 Å². The van der Waals surface area contributed by atoms with Gasteiger partial charge in [0.1, 0.15) is 0 Å². The van der Waals surface area contributed by atoms with Gasteiger partial charge in [-0.2, -0.15) is 18.2 Å². The van der Waals surface area contributed by atoms with E-state index in [2.05, 4.69) is 19.6 Å². The first-order valence-electron chi connectivity index (χ1n) is 5.37. The Morgan fingerprint density at radius 1 is 1.22 bits per heavy atom. The van der Waals surface area contributed by atoms with E-state index in [9.17, 15) is 8.42 Å². The Morgan fingerprint density at radius 3 is 2.50 bits per heavy atom. The van der Waals surface area contributed by atoms with E-state index in [0.717, 1.165) is 16.8 Å². The summed E-state index contributed by atoms with van der Waals surface area (Å²) in [7, 11) is -2.02. The van der Waals surface area contributed by atoms with Gasteiger partial charge >= 0.3 is 0 Å². The van der Waals surface area contributed by atoms with Gasteiger partial charge in [0, 0.05) is 19.8 Å². The van der Waals surface area contributed by atoms with Crippen LogP contribution in [0.25, 0.3) is 11.3 Å². The van der Waals surface area contributed by atoms with E-state index in [1.165, 1.54) is 7.05 Å². The third-order valence-corrected chi connectivity index (χ3v) is 3.56. The van der Waals surface area contributed by atoms with Crippen LogP contribution in [-0.4, -0.2) is 25.7 Å². The van der Waals surface area contributed by atoms with Crippen LogP contribution in [-0.2, 0) is 16.8 Å². The number of hydrogen-bond donors (Lipinski definition) is 3. The molecule has 0 aliphatic rings. The van der Waals surface area contributed by atoms with Gasteiger partial charge in [-0.15, -0.1) is 0 Å². The number of rotatable bonds is 5. The number of aromatic nitrogens is 2. The molecule has 1 aromatic carbocycles. The van der Waals surface area contributed by atoms with Gasteiger partial charge in [0.15, 0.2) is 0 Å². The molecule has 0 unspecified atom stereocenters. The summed E-state index contributed by atoms with van der Waals surface area (Å²) in [5.74, 6) is 0. The lowest BCUT2D eigenvalue weighted by molar-refractivity contribution is 0.573. The fraction of sp³-hybridized carbons (Fsp3) is 0.182. The molecule has 0 aliphatic carbocycles. The minimum Gasteiger partial charge on any atom is -0.278 e. The number of hydrogen-bond acceptors (Lipinski definition) is 3. The first-order chi connectivity index (χ1) is 8.61. The van der Waals surface area contributed by atoms with Crippen LogP contribution in [0.3, 0.4) is 0 Å². The fourth-order valence-electron chi connectivity index (χ4n) is 1.47. The Balaban J connectivity index is 2.05. The summed E-state index contributed by atoms with van der Waals surface area (Å²) in [6.45, 7) is 0.256. The smallest absolute Gasteiger partial charge is 0.276 e. The minimum atomic E-state index is -3.39. The molecule has 0 radical (unpaired) electrons. The maximum Gasteiger partial charge on any atom is 0.276 e. The molecule has 6 nitrogen and oxygen atoms in total. The highest BCUT2D eigenvalue weighted by molar-refractivity contribution is 7.87. The molecule has 3 N–H and O–H groups in total. The van der Waals surface area contributed by atoms with E-state index in [-0.39, 0.29) is 6.54 Å². The van der Waals surface area contributed by atoms with E-state index in [0.29, 0.717) is 0 Å². The van der Waals surface area contributed by atoms with Crippen LogP contribution in [0.1, 0.15) is 5.56 Å². The van der Waals surface area contributed by atoms with Crippen molar-refractivity contribution in [1.29, 1.82) is 0 Å². The molecule has 0 aliphatic heterocycles. The predicted octanol–water partition coefficient (Wildman–Crippen LogP) is 0.630. The summed E-state index contributed by atoms with van der Waals surface area (Å²) in [5.41, 5.74) is 2.82. The zero-order valence-corrected chi connectivity index (χ0v) is 10.7. The first kappa shape index (κ1) is 12.7. The molecule has 0 saturated carbocycles. The molecule has 0 amide bonds. The van der Waals surface area contributed by atoms with Crippen molar-refractivity contribution >= 4 is 10.2 Å². The molecule has 1 aromatic heterocycles. The Morgan fingerprint density at radius 2 is 1.94 bits per heavy atom. The van der Waals surface area contributed by atoms with Crippen molar-refractivity contribution in [3.8, 4) is 11.3 Å². The SMILES string of the molecule is CNS(=O)(=O)NCc1ccc(-c2ccn[nH]2)cc1. The summed E-state index contributed by atoms with van der Waals surface area (Å²) in [6.07, 6.45) is 1.68. The molecule has 0 bridgehead atoms. The standard InChI is InChI=1S/C11H14N4O2S/c1-12-18(16,17)14-8-9-2-4-10(5-3-9)11-6-7-13-15-11/h2-7,12,14H,8H2,1H3,(H,13,15). The van der Waals surface area contributed by atoms with Gasteiger partial charge in [-0.1, -0.05) is 24.3 Å². The van der Waals surface area contributed by atoms with Crippen LogP contribution >= 0.6 is 0 Å². The lowest BCUT2D eigenvalue weighted by Gasteiger charge is -2.05. The zero-order chi connectivity index (χ0) is 13.0. The lowest BCUT2D eigenvalue weighted by Crippen LogP contribution is -2.33. The number of nitrogens with zero attached hydrogens (tertiary/aromatic N) is 1. The van der Waals surface area contributed by atoms with Gasteiger partial charge < -0.3 is 0 Å². The third kappa shape index (κ3) is 3.16. The van der Waals surface area contributed by atoms with Crippen molar-refractivity contribution in [2.45, 2.75) is 6.54 Å². The summed E-state index contributed by atoms with van der Waals surface area (Å²) < 4.78 is 27.0. The maximum absolute atomic E-state index is 11.2. The average Bonchev–Trinajstić information content (AvgIpc) is 2.91. The summed E-state index contributed by atoms with van der Waals surface area (Å²) in [6, 6.07) is 9.44. The normalized spacial score (nSPS) is 11.6. The zero-order valence-electron chi connectivity index (χ0n) is 9.84. The van der Waals surface area contributed by atoms with Crippen molar-refractivity contribution in [2.75, 3.05) is 7.05 Å². The Kier molecular flexibility index (Phi) is 3.75. The van der Waals surface area contributed by atoms with Gasteiger partial charge in [-0.25, -0.2) is 4.72 Å². The van der Waals surface area contributed by atoms with Gasteiger partial charge in [0.2, 0.25) is 0 Å². The van der Waals surface area contributed by atoms with Crippen LogP contribution < -0.4 is 9.44 Å². The second-order valence-electron chi connectivity index (χ2n) is 3.70. The highest BCUT2D eigenvalue weighted by Gasteiger charge is 2.05. The average molecular weight is 266 g/mol. The largest absolute Gasteiger partial charge is 0.278 e. The first-order valence-corrected chi connectivity index (χ1v) is 6.86. The number of benzene rings is 1. The maximum atomic E-state index is 11.2. The summed E-state index contributed by atoms with van der Waals surface area (Å²) in [5, 5.41) is 6.74. The highest BCUT2D eigenvalue weighted by atomic mass is 32.2. The molecule has 0 saturated heterocycles. The Hall–Kier alpha value is -1.70. The molecule has 1 heterocycles. The van der Waals surface area contributed by atoms with Crippen molar-refractivity contribution in [1.82, 2.24) is 19.6 Å². The predicted molar refractivity (Wildman–Crippen MR) is 68.8 cm³/mol. The fourth-order valence-corrected chi connectivity index (χ4v) is 1.97. The summed E-state index contributed by atoms with van der Waals surface area (Å²) >= 11 is 0. The molecular weight excluding hydrogens is 252 g/mol. The van der Waals surface area contributed by atoms with Crippen molar-refractivity contribution in [3.05, 3.63) is 42.1 Å². The van der Waals surface area contributed by atoms with E-state index in [1.807, 2.05) is 30.3 Å².